The molecule has 0 bridgehead atoms. The van der Waals surface area contributed by atoms with E-state index in [0.717, 1.165) is 4.47 Å². The van der Waals surface area contributed by atoms with Crippen molar-refractivity contribution in [1.82, 2.24) is 10.6 Å². The maximum Gasteiger partial charge on any atom is 0.251 e. The number of halogens is 1. The van der Waals surface area contributed by atoms with Gasteiger partial charge in [-0.05, 0) is 45.0 Å². The van der Waals surface area contributed by atoms with E-state index in [1.165, 1.54) is 0 Å². The summed E-state index contributed by atoms with van der Waals surface area (Å²) in [6.45, 7) is 4.89. The fraction of sp³-hybridized carbons (Fsp3) is 0.429. The fourth-order valence-corrected chi connectivity index (χ4v) is 1.64. The van der Waals surface area contributed by atoms with E-state index in [2.05, 4.69) is 26.6 Å². The van der Waals surface area contributed by atoms with E-state index in [4.69, 9.17) is 0 Å². The van der Waals surface area contributed by atoms with E-state index < -0.39 is 11.6 Å². The van der Waals surface area contributed by atoms with Gasteiger partial charge in [0.05, 0.1) is 18.2 Å². The van der Waals surface area contributed by atoms with E-state index in [-0.39, 0.29) is 18.4 Å². The van der Waals surface area contributed by atoms with Crippen LogP contribution in [0.15, 0.2) is 28.7 Å². The number of hydrogen-bond donors (Lipinski definition) is 3. The fourth-order valence-electron chi connectivity index (χ4n) is 1.37. The zero-order chi connectivity index (χ0) is 15.3. The normalized spacial score (nSPS) is 12.7. The van der Waals surface area contributed by atoms with Crippen LogP contribution in [0.25, 0.3) is 0 Å². The first-order valence-corrected chi connectivity index (χ1v) is 7.04. The Bertz CT molecular complexity index is 484. The highest BCUT2D eigenvalue weighted by atomic mass is 79.9. The van der Waals surface area contributed by atoms with E-state index in [9.17, 15) is 14.7 Å². The number of hydrogen-bond acceptors (Lipinski definition) is 3. The van der Waals surface area contributed by atoms with Crippen LogP contribution in [0.2, 0.25) is 0 Å². The van der Waals surface area contributed by atoms with Gasteiger partial charge in [-0.2, -0.15) is 0 Å². The third-order valence-electron chi connectivity index (χ3n) is 3.02. The summed E-state index contributed by atoms with van der Waals surface area (Å²) in [4.78, 5) is 23.5. The molecule has 0 aliphatic rings. The molecule has 2 amide bonds. The molecule has 0 saturated heterocycles. The zero-order valence-electron chi connectivity index (χ0n) is 11.7. The summed E-state index contributed by atoms with van der Waals surface area (Å²) in [6.07, 6.45) is -0.686. The van der Waals surface area contributed by atoms with Crippen LogP contribution < -0.4 is 10.6 Å². The maximum atomic E-state index is 11.8. The van der Waals surface area contributed by atoms with Crippen molar-refractivity contribution in [2.24, 2.45) is 0 Å². The van der Waals surface area contributed by atoms with E-state index in [1.807, 2.05) is 0 Å². The number of amides is 2. The van der Waals surface area contributed by atoms with Crippen LogP contribution in [0.1, 0.15) is 31.1 Å². The van der Waals surface area contributed by atoms with Crippen molar-refractivity contribution >= 4 is 27.7 Å². The molecule has 20 heavy (non-hydrogen) atoms. The quantitative estimate of drug-likeness (QED) is 0.757. The van der Waals surface area contributed by atoms with Gasteiger partial charge in [-0.1, -0.05) is 15.9 Å². The molecule has 1 atom stereocenters. The Morgan fingerprint density at radius 2 is 1.85 bits per heavy atom. The Morgan fingerprint density at radius 3 is 2.35 bits per heavy atom. The Morgan fingerprint density at radius 1 is 1.30 bits per heavy atom. The number of aliphatic hydroxyl groups is 1. The van der Waals surface area contributed by atoms with Crippen LogP contribution >= 0.6 is 15.9 Å². The van der Waals surface area contributed by atoms with E-state index >= 15 is 0 Å². The smallest absolute Gasteiger partial charge is 0.251 e. The molecular formula is C14H19BrN2O3. The first-order valence-electron chi connectivity index (χ1n) is 6.25. The second-order valence-electron chi connectivity index (χ2n) is 5.14. The first-order chi connectivity index (χ1) is 9.22. The van der Waals surface area contributed by atoms with Crippen molar-refractivity contribution in [1.29, 1.82) is 0 Å². The molecule has 110 valence electrons. The molecule has 1 rings (SSSR count). The summed E-state index contributed by atoms with van der Waals surface area (Å²) in [7, 11) is 0. The van der Waals surface area contributed by atoms with Gasteiger partial charge in [-0.25, -0.2) is 0 Å². The van der Waals surface area contributed by atoms with Gasteiger partial charge < -0.3 is 15.7 Å². The van der Waals surface area contributed by atoms with Gasteiger partial charge in [0.25, 0.3) is 5.91 Å². The molecule has 5 nitrogen and oxygen atoms in total. The molecule has 0 aliphatic carbocycles. The molecule has 0 radical (unpaired) electrons. The molecule has 1 unspecified atom stereocenters. The van der Waals surface area contributed by atoms with Crippen LogP contribution in [0.3, 0.4) is 0 Å². The monoisotopic (exact) mass is 342 g/mol. The second kappa shape index (κ2) is 6.85. The van der Waals surface area contributed by atoms with Crippen molar-refractivity contribution in [3.05, 3.63) is 34.3 Å². The molecule has 0 heterocycles. The number of aliphatic hydroxyl groups excluding tert-OH is 1. The van der Waals surface area contributed by atoms with Crippen LogP contribution in [0.5, 0.6) is 0 Å². The van der Waals surface area contributed by atoms with Crippen molar-refractivity contribution in [3.8, 4) is 0 Å². The lowest BCUT2D eigenvalue weighted by Crippen LogP contribution is -2.53. The zero-order valence-corrected chi connectivity index (χ0v) is 13.3. The van der Waals surface area contributed by atoms with Gasteiger partial charge in [0, 0.05) is 10.0 Å². The Labute approximate surface area is 126 Å². The molecule has 1 aromatic rings. The molecule has 0 fully saturated rings. The summed E-state index contributed by atoms with van der Waals surface area (Å²) in [5, 5.41) is 14.7. The van der Waals surface area contributed by atoms with Crippen molar-refractivity contribution in [2.45, 2.75) is 32.4 Å². The summed E-state index contributed by atoms with van der Waals surface area (Å²) in [6, 6.07) is 6.84. The molecule has 6 heteroatoms. The minimum atomic E-state index is -0.737. The minimum Gasteiger partial charge on any atom is -0.391 e. The topological polar surface area (TPSA) is 78.4 Å². The van der Waals surface area contributed by atoms with Gasteiger partial charge in [0.1, 0.15) is 0 Å². The van der Waals surface area contributed by atoms with Crippen LogP contribution in [-0.4, -0.2) is 35.1 Å². The van der Waals surface area contributed by atoms with Crippen LogP contribution in [-0.2, 0) is 4.79 Å². The van der Waals surface area contributed by atoms with Gasteiger partial charge in [0.15, 0.2) is 0 Å². The average molecular weight is 343 g/mol. The molecule has 0 aromatic heterocycles. The molecular weight excluding hydrogens is 324 g/mol. The minimum absolute atomic E-state index is 0.134. The van der Waals surface area contributed by atoms with Gasteiger partial charge in [0.2, 0.25) is 5.91 Å². The Balaban J connectivity index is 2.49. The SMILES string of the molecule is CC(O)C(C)(C)NC(=O)CNC(=O)c1ccc(Br)cc1. The number of benzene rings is 1. The lowest BCUT2D eigenvalue weighted by atomic mass is 9.99. The third kappa shape index (κ3) is 4.94. The van der Waals surface area contributed by atoms with E-state index in [1.54, 1.807) is 45.0 Å². The van der Waals surface area contributed by atoms with E-state index in [0.29, 0.717) is 5.56 Å². The van der Waals surface area contributed by atoms with Gasteiger partial charge in [-0.15, -0.1) is 0 Å². The van der Waals surface area contributed by atoms with Crippen molar-refractivity contribution < 1.29 is 14.7 Å². The Hall–Kier alpha value is -1.40. The highest BCUT2D eigenvalue weighted by molar-refractivity contribution is 9.10. The van der Waals surface area contributed by atoms with Gasteiger partial charge >= 0.3 is 0 Å². The summed E-state index contributed by atoms with van der Waals surface area (Å²) < 4.78 is 0.880. The highest BCUT2D eigenvalue weighted by Crippen LogP contribution is 2.10. The van der Waals surface area contributed by atoms with Crippen molar-refractivity contribution in [3.63, 3.8) is 0 Å². The predicted octanol–water partition coefficient (Wildman–Crippen LogP) is 1.45. The second-order valence-corrected chi connectivity index (χ2v) is 6.05. The third-order valence-corrected chi connectivity index (χ3v) is 3.55. The molecule has 0 spiro atoms. The average Bonchev–Trinajstić information content (AvgIpc) is 2.36. The summed E-state index contributed by atoms with van der Waals surface area (Å²) >= 11 is 3.28. The number of rotatable bonds is 5. The largest absolute Gasteiger partial charge is 0.391 e. The van der Waals surface area contributed by atoms with Gasteiger partial charge in [-0.3, -0.25) is 9.59 Å². The molecule has 3 N–H and O–H groups in total. The van der Waals surface area contributed by atoms with Crippen LogP contribution in [0.4, 0.5) is 0 Å². The number of carbonyl (C=O) groups is 2. The highest BCUT2D eigenvalue weighted by Gasteiger charge is 2.25. The summed E-state index contributed by atoms with van der Waals surface area (Å²) in [5.41, 5.74) is -0.254. The Kier molecular flexibility index (Phi) is 5.71. The molecule has 0 saturated carbocycles. The maximum absolute atomic E-state index is 11.8. The molecule has 0 aliphatic heterocycles. The predicted molar refractivity (Wildman–Crippen MR) is 80.4 cm³/mol. The number of carbonyl (C=O) groups excluding carboxylic acids is 2. The van der Waals surface area contributed by atoms with Crippen molar-refractivity contribution in [2.75, 3.05) is 6.54 Å². The summed E-state index contributed by atoms with van der Waals surface area (Å²) in [5.74, 6) is -0.663. The lowest BCUT2D eigenvalue weighted by Gasteiger charge is -2.29. The first kappa shape index (κ1) is 16.7. The standard InChI is InChI=1S/C14H19BrN2O3/c1-9(18)14(2,3)17-12(19)8-16-13(20)10-4-6-11(15)7-5-10/h4-7,9,18H,8H2,1-3H3,(H,16,20)(H,17,19). The lowest BCUT2D eigenvalue weighted by molar-refractivity contribution is -0.123. The number of nitrogens with one attached hydrogen (secondary N) is 2. The van der Waals surface area contributed by atoms with Crippen LogP contribution in [0, 0.1) is 0 Å². The molecule has 1 aromatic carbocycles.